The van der Waals surface area contributed by atoms with Gasteiger partial charge in [-0.15, -0.1) is 10.2 Å². The van der Waals surface area contributed by atoms with Gasteiger partial charge in [-0.3, -0.25) is 9.59 Å². The molecule has 2 aromatic carbocycles. The molecule has 1 aromatic heterocycles. The van der Waals surface area contributed by atoms with E-state index in [-0.39, 0.29) is 24.2 Å². The topological polar surface area (TPSA) is 75.2 Å². The fraction of sp³-hybridized carbons (Fsp3) is 0.429. The fourth-order valence-corrected chi connectivity index (χ4v) is 4.79. The second-order valence-electron chi connectivity index (χ2n) is 8.89. The van der Waals surface area contributed by atoms with Gasteiger partial charge in [0.2, 0.25) is 16.9 Å². The van der Waals surface area contributed by atoms with Gasteiger partial charge in [-0.2, -0.15) is 0 Å². The van der Waals surface area contributed by atoms with Crippen LogP contribution in [0, 0.1) is 12.8 Å². The van der Waals surface area contributed by atoms with E-state index in [9.17, 15) is 9.59 Å². The highest BCUT2D eigenvalue weighted by Gasteiger charge is 2.23. The minimum absolute atomic E-state index is 0.00818. The van der Waals surface area contributed by atoms with Crippen LogP contribution >= 0.6 is 11.3 Å². The van der Waals surface area contributed by atoms with Crippen LogP contribution in [0.25, 0.3) is 10.6 Å². The number of carbonyl (C=O) groups excluding carboxylic acids is 2. The van der Waals surface area contributed by atoms with E-state index >= 15 is 0 Å². The van der Waals surface area contributed by atoms with Gasteiger partial charge in [0, 0.05) is 31.0 Å². The highest BCUT2D eigenvalue weighted by molar-refractivity contribution is 7.18. The van der Waals surface area contributed by atoms with Crippen LogP contribution in [0.4, 0.5) is 5.13 Å². The van der Waals surface area contributed by atoms with Crippen LogP contribution in [-0.4, -0.2) is 40.0 Å². The Hall–Kier alpha value is -3.06. The van der Waals surface area contributed by atoms with E-state index in [4.69, 9.17) is 0 Å². The fourth-order valence-electron chi connectivity index (χ4n) is 4.04. The van der Waals surface area contributed by atoms with Crippen molar-refractivity contribution in [1.82, 2.24) is 15.1 Å². The maximum absolute atomic E-state index is 13.3. The zero-order valence-corrected chi connectivity index (χ0v) is 21.8. The van der Waals surface area contributed by atoms with Gasteiger partial charge in [-0.05, 0) is 37.8 Å². The predicted octanol–water partition coefficient (Wildman–Crippen LogP) is 6.13. The summed E-state index contributed by atoms with van der Waals surface area (Å²) in [6, 6.07) is 18.2. The average molecular weight is 493 g/mol. The summed E-state index contributed by atoms with van der Waals surface area (Å²) in [7, 11) is 0. The summed E-state index contributed by atoms with van der Waals surface area (Å²) in [5.74, 6) is 0.00669. The van der Waals surface area contributed by atoms with Crippen LogP contribution in [0.5, 0.6) is 0 Å². The summed E-state index contributed by atoms with van der Waals surface area (Å²) in [5.41, 5.74) is 3.32. The third-order valence-electron chi connectivity index (χ3n) is 6.12. The number of aryl methyl sites for hydroxylation is 1. The van der Waals surface area contributed by atoms with Crippen molar-refractivity contribution in [3.05, 3.63) is 65.7 Å². The SMILES string of the molecule is CCCCC(CC)C(=O)N(CCC(=O)Nc1nnc(-c2cccc(C)c2)s1)CCc1ccccc1. The van der Waals surface area contributed by atoms with E-state index in [0.717, 1.165) is 48.2 Å². The molecule has 2 amide bonds. The molecule has 1 heterocycles. The van der Waals surface area contributed by atoms with Gasteiger partial charge in [-0.25, -0.2) is 0 Å². The first-order valence-corrected chi connectivity index (χ1v) is 13.3. The molecule has 186 valence electrons. The van der Waals surface area contributed by atoms with Crippen molar-refractivity contribution in [3.63, 3.8) is 0 Å². The first kappa shape index (κ1) is 26.5. The van der Waals surface area contributed by atoms with Gasteiger partial charge in [0.25, 0.3) is 0 Å². The Morgan fingerprint density at radius 1 is 1.03 bits per heavy atom. The Labute approximate surface area is 212 Å². The number of amides is 2. The second-order valence-corrected chi connectivity index (χ2v) is 9.87. The molecule has 0 spiro atoms. The molecule has 0 radical (unpaired) electrons. The number of hydrogen-bond acceptors (Lipinski definition) is 5. The largest absolute Gasteiger partial charge is 0.342 e. The summed E-state index contributed by atoms with van der Waals surface area (Å²) < 4.78 is 0. The first-order valence-electron chi connectivity index (χ1n) is 12.5. The molecule has 0 aliphatic heterocycles. The van der Waals surface area contributed by atoms with Crippen LogP contribution in [0.3, 0.4) is 0 Å². The summed E-state index contributed by atoms with van der Waals surface area (Å²) in [4.78, 5) is 27.9. The molecule has 0 saturated heterocycles. The lowest BCUT2D eigenvalue weighted by Gasteiger charge is -2.27. The maximum atomic E-state index is 13.3. The van der Waals surface area contributed by atoms with Crippen molar-refractivity contribution in [2.75, 3.05) is 18.4 Å². The van der Waals surface area contributed by atoms with Crippen molar-refractivity contribution in [1.29, 1.82) is 0 Å². The van der Waals surface area contributed by atoms with Crippen molar-refractivity contribution in [2.24, 2.45) is 5.92 Å². The summed E-state index contributed by atoms with van der Waals surface area (Å²) in [6.07, 6.45) is 4.82. The number of anilines is 1. The molecule has 0 fully saturated rings. The van der Waals surface area contributed by atoms with Crippen LogP contribution in [0.15, 0.2) is 54.6 Å². The molecule has 3 rings (SSSR count). The summed E-state index contributed by atoms with van der Waals surface area (Å²) in [5, 5.41) is 12.5. The molecule has 0 bridgehead atoms. The number of nitrogens with one attached hydrogen (secondary N) is 1. The Kier molecular flexibility index (Phi) is 10.4. The normalized spacial score (nSPS) is 11.7. The van der Waals surface area contributed by atoms with E-state index in [1.807, 2.05) is 54.3 Å². The number of aromatic nitrogens is 2. The molecule has 0 saturated carbocycles. The van der Waals surface area contributed by atoms with E-state index in [1.54, 1.807) is 0 Å². The third kappa shape index (κ3) is 8.28. The highest BCUT2D eigenvalue weighted by atomic mass is 32.1. The first-order chi connectivity index (χ1) is 17.0. The lowest BCUT2D eigenvalue weighted by atomic mass is 9.97. The zero-order chi connectivity index (χ0) is 25.0. The molecule has 0 aliphatic carbocycles. The molecule has 1 atom stereocenters. The van der Waals surface area contributed by atoms with Crippen molar-refractivity contribution in [3.8, 4) is 10.6 Å². The Morgan fingerprint density at radius 3 is 2.54 bits per heavy atom. The third-order valence-corrected chi connectivity index (χ3v) is 7.01. The lowest BCUT2D eigenvalue weighted by molar-refractivity contribution is -0.136. The van der Waals surface area contributed by atoms with Crippen LogP contribution < -0.4 is 5.32 Å². The Morgan fingerprint density at radius 2 is 1.83 bits per heavy atom. The van der Waals surface area contributed by atoms with Gasteiger partial charge >= 0.3 is 0 Å². The molecule has 0 aliphatic rings. The average Bonchev–Trinajstić information content (AvgIpc) is 3.33. The van der Waals surface area contributed by atoms with E-state index in [2.05, 4.69) is 41.5 Å². The number of rotatable bonds is 13. The van der Waals surface area contributed by atoms with Crippen LogP contribution in [-0.2, 0) is 16.0 Å². The van der Waals surface area contributed by atoms with Gasteiger partial charge < -0.3 is 10.2 Å². The van der Waals surface area contributed by atoms with Crippen molar-refractivity contribution < 1.29 is 9.59 Å². The number of unbranched alkanes of at least 4 members (excludes halogenated alkanes) is 1. The predicted molar refractivity (Wildman–Crippen MR) is 143 cm³/mol. The zero-order valence-electron chi connectivity index (χ0n) is 21.0. The monoisotopic (exact) mass is 492 g/mol. The molecule has 3 aromatic rings. The number of benzene rings is 2. The lowest BCUT2D eigenvalue weighted by Crippen LogP contribution is -2.39. The van der Waals surface area contributed by atoms with Gasteiger partial charge in [-0.1, -0.05) is 92.1 Å². The van der Waals surface area contributed by atoms with Gasteiger partial charge in [0.1, 0.15) is 5.01 Å². The molecule has 1 unspecified atom stereocenters. The minimum atomic E-state index is -0.156. The molecular weight excluding hydrogens is 456 g/mol. The number of carbonyl (C=O) groups is 2. The number of nitrogens with zero attached hydrogens (tertiary/aromatic N) is 3. The van der Waals surface area contributed by atoms with E-state index in [0.29, 0.717) is 18.2 Å². The van der Waals surface area contributed by atoms with Crippen LogP contribution in [0.1, 0.15) is 57.1 Å². The molecule has 6 nitrogen and oxygen atoms in total. The molecule has 35 heavy (non-hydrogen) atoms. The molecular formula is C28H36N4O2S. The minimum Gasteiger partial charge on any atom is -0.342 e. The maximum Gasteiger partial charge on any atom is 0.227 e. The standard InChI is InChI=1S/C28H36N4O2S/c1-4-6-14-23(5-2)27(34)32(18-16-22-12-8-7-9-13-22)19-17-25(33)29-28-31-30-26(35-28)24-15-10-11-21(3)20-24/h7-13,15,20,23H,4-6,14,16-19H2,1-3H3,(H,29,31,33). The van der Waals surface area contributed by atoms with Crippen LogP contribution in [0.2, 0.25) is 0 Å². The Bertz CT molecular complexity index is 1080. The van der Waals surface area contributed by atoms with Gasteiger partial charge in [0.05, 0.1) is 0 Å². The van der Waals surface area contributed by atoms with Crippen molar-refractivity contribution in [2.45, 2.75) is 59.3 Å². The Balaban J connectivity index is 1.61. The highest BCUT2D eigenvalue weighted by Crippen LogP contribution is 2.27. The van der Waals surface area contributed by atoms with E-state index in [1.165, 1.54) is 16.9 Å². The summed E-state index contributed by atoms with van der Waals surface area (Å²) >= 11 is 1.35. The summed E-state index contributed by atoms with van der Waals surface area (Å²) in [6.45, 7) is 7.25. The molecule has 1 N–H and O–H groups in total. The quantitative estimate of drug-likeness (QED) is 0.311. The smallest absolute Gasteiger partial charge is 0.227 e. The molecule has 7 heteroatoms. The van der Waals surface area contributed by atoms with Gasteiger partial charge in [0.15, 0.2) is 0 Å². The van der Waals surface area contributed by atoms with E-state index < -0.39 is 0 Å². The number of hydrogen-bond donors (Lipinski definition) is 1. The second kappa shape index (κ2) is 13.7. The van der Waals surface area contributed by atoms with Crippen molar-refractivity contribution >= 4 is 28.3 Å².